The summed E-state index contributed by atoms with van der Waals surface area (Å²) < 4.78 is 4.26. The van der Waals surface area contributed by atoms with E-state index in [1.807, 2.05) is 31.2 Å². The molecule has 0 saturated heterocycles. The van der Waals surface area contributed by atoms with Crippen molar-refractivity contribution in [2.75, 3.05) is 0 Å². The van der Waals surface area contributed by atoms with E-state index in [1.54, 1.807) is 0 Å². The Hall–Kier alpha value is -2.82. The predicted octanol–water partition coefficient (Wildman–Crippen LogP) is 4.29. The molecule has 1 aliphatic carbocycles. The van der Waals surface area contributed by atoms with Gasteiger partial charge in [-0.1, -0.05) is 18.2 Å². The Labute approximate surface area is 166 Å². The third-order valence-electron chi connectivity index (χ3n) is 5.68. The Morgan fingerprint density at radius 2 is 1.93 bits per heavy atom. The second kappa shape index (κ2) is 7.30. The van der Waals surface area contributed by atoms with Crippen LogP contribution in [0.4, 0.5) is 0 Å². The van der Waals surface area contributed by atoms with Gasteiger partial charge in [0, 0.05) is 23.1 Å². The van der Waals surface area contributed by atoms with E-state index >= 15 is 0 Å². The molecule has 1 aromatic carbocycles. The van der Waals surface area contributed by atoms with Gasteiger partial charge < -0.3 is 9.88 Å². The van der Waals surface area contributed by atoms with E-state index in [1.165, 1.54) is 11.3 Å². The molecule has 0 fully saturated rings. The monoisotopic (exact) mass is 376 g/mol. The van der Waals surface area contributed by atoms with Gasteiger partial charge >= 0.3 is 0 Å². The van der Waals surface area contributed by atoms with Gasteiger partial charge in [0.2, 0.25) is 0 Å². The van der Waals surface area contributed by atoms with E-state index < -0.39 is 0 Å². The van der Waals surface area contributed by atoms with Crippen molar-refractivity contribution in [2.24, 2.45) is 0 Å². The SMILES string of the molecule is Cc1cc(C(=O)NCc2nn(-c3ccccc3)c3c2CCC3)c(C)n1C(C)C. The number of nitrogens with zero attached hydrogens (tertiary/aromatic N) is 3. The fraction of sp³-hybridized carbons (Fsp3) is 0.391. The fourth-order valence-electron chi connectivity index (χ4n) is 4.50. The van der Waals surface area contributed by atoms with Gasteiger partial charge in [-0.25, -0.2) is 4.68 Å². The van der Waals surface area contributed by atoms with E-state index in [9.17, 15) is 4.79 Å². The molecule has 0 radical (unpaired) electrons. The number of hydrogen-bond acceptors (Lipinski definition) is 2. The van der Waals surface area contributed by atoms with E-state index in [0.29, 0.717) is 12.6 Å². The Bertz CT molecular complexity index is 1010. The van der Waals surface area contributed by atoms with E-state index in [-0.39, 0.29) is 5.91 Å². The zero-order valence-electron chi connectivity index (χ0n) is 17.1. The zero-order valence-corrected chi connectivity index (χ0v) is 17.1. The van der Waals surface area contributed by atoms with Gasteiger partial charge in [0.1, 0.15) is 0 Å². The molecule has 4 rings (SSSR count). The van der Waals surface area contributed by atoms with Crippen molar-refractivity contribution in [1.29, 1.82) is 0 Å². The van der Waals surface area contributed by atoms with Gasteiger partial charge in [0.15, 0.2) is 0 Å². The van der Waals surface area contributed by atoms with Crippen molar-refractivity contribution < 1.29 is 4.79 Å². The standard InChI is InChI=1S/C23H28N4O/c1-15(2)26-16(3)13-20(17(26)4)23(28)24-14-21-19-11-8-12-22(19)27(25-21)18-9-6-5-7-10-18/h5-7,9-10,13,15H,8,11-12,14H2,1-4H3,(H,24,28). The number of para-hydroxylation sites is 1. The minimum Gasteiger partial charge on any atom is -0.346 e. The van der Waals surface area contributed by atoms with E-state index in [4.69, 9.17) is 5.10 Å². The number of carbonyl (C=O) groups excluding carboxylic acids is 1. The summed E-state index contributed by atoms with van der Waals surface area (Å²) in [5.41, 5.74) is 7.55. The quantitative estimate of drug-likeness (QED) is 0.722. The van der Waals surface area contributed by atoms with Crippen molar-refractivity contribution in [3.8, 4) is 5.69 Å². The summed E-state index contributed by atoms with van der Waals surface area (Å²) in [5.74, 6) is -0.0268. The molecular formula is C23H28N4O. The number of carbonyl (C=O) groups is 1. The minimum atomic E-state index is -0.0268. The second-order valence-corrected chi connectivity index (χ2v) is 7.90. The fourth-order valence-corrected chi connectivity index (χ4v) is 4.50. The van der Waals surface area contributed by atoms with Crippen molar-refractivity contribution in [3.05, 3.63) is 70.3 Å². The van der Waals surface area contributed by atoms with Gasteiger partial charge in [0.05, 0.1) is 23.5 Å². The highest BCUT2D eigenvalue weighted by Crippen LogP contribution is 2.28. The highest BCUT2D eigenvalue weighted by atomic mass is 16.1. The van der Waals surface area contributed by atoms with Gasteiger partial charge in [-0.3, -0.25) is 4.79 Å². The molecule has 146 valence electrons. The summed E-state index contributed by atoms with van der Waals surface area (Å²) in [6, 6.07) is 12.6. The van der Waals surface area contributed by atoms with Crippen LogP contribution in [0.5, 0.6) is 0 Å². The third-order valence-corrected chi connectivity index (χ3v) is 5.68. The largest absolute Gasteiger partial charge is 0.346 e. The Morgan fingerprint density at radius 3 is 2.61 bits per heavy atom. The summed E-state index contributed by atoms with van der Waals surface area (Å²) >= 11 is 0. The van der Waals surface area contributed by atoms with Crippen LogP contribution in [-0.2, 0) is 19.4 Å². The average Bonchev–Trinajstić information content (AvgIpc) is 3.34. The number of nitrogens with one attached hydrogen (secondary N) is 1. The lowest BCUT2D eigenvalue weighted by Crippen LogP contribution is -2.24. The Morgan fingerprint density at radius 1 is 1.18 bits per heavy atom. The second-order valence-electron chi connectivity index (χ2n) is 7.90. The lowest BCUT2D eigenvalue weighted by atomic mass is 10.2. The first-order valence-corrected chi connectivity index (χ1v) is 10.1. The van der Waals surface area contributed by atoms with Crippen LogP contribution in [0.25, 0.3) is 5.69 Å². The molecule has 1 amide bonds. The summed E-state index contributed by atoms with van der Waals surface area (Å²) in [4.78, 5) is 12.8. The molecule has 3 aromatic rings. The number of hydrogen-bond donors (Lipinski definition) is 1. The number of aromatic nitrogens is 3. The molecule has 2 aromatic heterocycles. The lowest BCUT2D eigenvalue weighted by molar-refractivity contribution is 0.0949. The molecule has 0 spiro atoms. The summed E-state index contributed by atoms with van der Waals surface area (Å²) in [6.07, 6.45) is 3.23. The maximum absolute atomic E-state index is 12.8. The van der Waals surface area contributed by atoms with Crippen LogP contribution in [0.1, 0.15) is 65.0 Å². The van der Waals surface area contributed by atoms with Crippen LogP contribution in [0.15, 0.2) is 36.4 Å². The molecule has 5 heteroatoms. The highest BCUT2D eigenvalue weighted by molar-refractivity contribution is 5.95. The normalized spacial score (nSPS) is 13.2. The molecule has 0 unspecified atom stereocenters. The number of amides is 1. The molecule has 0 atom stereocenters. The van der Waals surface area contributed by atoms with Crippen molar-refractivity contribution in [2.45, 2.75) is 59.5 Å². The number of fused-ring (bicyclic) bond motifs is 1. The maximum atomic E-state index is 12.8. The first-order valence-electron chi connectivity index (χ1n) is 10.1. The van der Waals surface area contributed by atoms with Gasteiger partial charge in [0.25, 0.3) is 5.91 Å². The summed E-state index contributed by atoms with van der Waals surface area (Å²) in [5, 5.41) is 7.94. The van der Waals surface area contributed by atoms with Crippen molar-refractivity contribution in [3.63, 3.8) is 0 Å². The van der Waals surface area contributed by atoms with E-state index in [2.05, 4.69) is 47.5 Å². The van der Waals surface area contributed by atoms with E-state index in [0.717, 1.165) is 47.6 Å². The van der Waals surface area contributed by atoms with Crippen LogP contribution in [0.3, 0.4) is 0 Å². The van der Waals surface area contributed by atoms with Crippen LogP contribution >= 0.6 is 0 Å². The molecule has 0 saturated carbocycles. The molecule has 28 heavy (non-hydrogen) atoms. The number of aryl methyl sites for hydroxylation is 1. The number of benzene rings is 1. The smallest absolute Gasteiger partial charge is 0.253 e. The van der Waals surface area contributed by atoms with Gasteiger partial charge in [-0.15, -0.1) is 0 Å². The first kappa shape index (κ1) is 18.5. The summed E-state index contributed by atoms with van der Waals surface area (Å²) in [6.45, 7) is 8.82. The number of rotatable bonds is 5. The van der Waals surface area contributed by atoms with Crippen molar-refractivity contribution >= 4 is 5.91 Å². The molecule has 1 aliphatic rings. The van der Waals surface area contributed by atoms with Crippen LogP contribution in [0.2, 0.25) is 0 Å². The molecule has 5 nitrogen and oxygen atoms in total. The van der Waals surface area contributed by atoms with Crippen LogP contribution < -0.4 is 5.32 Å². The van der Waals surface area contributed by atoms with Gasteiger partial charge in [-0.2, -0.15) is 5.10 Å². The molecular weight excluding hydrogens is 348 g/mol. The highest BCUT2D eigenvalue weighted by Gasteiger charge is 2.24. The van der Waals surface area contributed by atoms with Crippen LogP contribution in [-0.4, -0.2) is 20.3 Å². The molecule has 1 N–H and O–H groups in total. The lowest BCUT2D eigenvalue weighted by Gasteiger charge is -2.13. The zero-order chi connectivity index (χ0) is 19.8. The molecule has 0 aliphatic heterocycles. The van der Waals surface area contributed by atoms with Gasteiger partial charge in [-0.05, 0) is 70.7 Å². The van der Waals surface area contributed by atoms with Crippen LogP contribution in [0, 0.1) is 13.8 Å². The first-order chi connectivity index (χ1) is 13.5. The maximum Gasteiger partial charge on any atom is 0.253 e. The minimum absolute atomic E-state index is 0.0268. The topological polar surface area (TPSA) is 51.9 Å². The van der Waals surface area contributed by atoms with Crippen molar-refractivity contribution in [1.82, 2.24) is 19.7 Å². The Kier molecular flexibility index (Phi) is 4.84. The molecule has 2 heterocycles. The average molecular weight is 377 g/mol. The molecule has 0 bridgehead atoms. The predicted molar refractivity (Wildman–Crippen MR) is 111 cm³/mol. The Balaban J connectivity index is 1.57. The summed E-state index contributed by atoms with van der Waals surface area (Å²) in [7, 11) is 0. The third kappa shape index (κ3) is 3.15.